The fraction of sp³-hybridized carbons (Fsp3) is 0.667. The lowest BCUT2D eigenvalue weighted by Gasteiger charge is -2.29. The molecule has 1 saturated carbocycles. The lowest BCUT2D eigenvalue weighted by Crippen LogP contribution is -2.44. The summed E-state index contributed by atoms with van der Waals surface area (Å²) in [5, 5.41) is 3.63. The Morgan fingerprint density at radius 1 is 1.30 bits per heavy atom. The summed E-state index contributed by atoms with van der Waals surface area (Å²) in [4.78, 5) is 9.28. The molecule has 5 nitrogen and oxygen atoms in total. The van der Waals surface area contributed by atoms with E-state index in [0.29, 0.717) is 5.41 Å². The van der Waals surface area contributed by atoms with Crippen LogP contribution < -0.4 is 10.1 Å². The molecule has 1 saturated heterocycles. The van der Waals surface area contributed by atoms with Gasteiger partial charge < -0.3 is 19.9 Å². The molecule has 6 heteroatoms. The number of aliphatic imine (C=N–C) groups is 1. The van der Waals surface area contributed by atoms with Gasteiger partial charge in [0.25, 0.3) is 0 Å². The van der Waals surface area contributed by atoms with Crippen LogP contribution in [0.2, 0.25) is 0 Å². The summed E-state index contributed by atoms with van der Waals surface area (Å²) in [5.41, 5.74) is 1.82. The molecule has 2 aliphatic rings. The molecule has 2 fully saturated rings. The summed E-state index contributed by atoms with van der Waals surface area (Å²) in [7, 11) is 7.87. The number of benzene rings is 1. The van der Waals surface area contributed by atoms with E-state index in [-0.39, 0.29) is 30.0 Å². The zero-order chi connectivity index (χ0) is 18.6. The van der Waals surface area contributed by atoms with Crippen LogP contribution in [-0.2, 0) is 0 Å². The highest BCUT2D eigenvalue weighted by Crippen LogP contribution is 2.45. The Hall–Kier alpha value is -1.02. The van der Waals surface area contributed by atoms with E-state index >= 15 is 0 Å². The number of guanidine groups is 1. The lowest BCUT2D eigenvalue weighted by atomic mass is 9.86. The average Bonchev–Trinajstić information content (AvgIpc) is 3.28. The number of hydrogen-bond acceptors (Lipinski definition) is 3. The fourth-order valence-corrected chi connectivity index (χ4v) is 4.62. The molecule has 3 rings (SSSR count). The third kappa shape index (κ3) is 5.28. The molecule has 1 atom stereocenters. The van der Waals surface area contributed by atoms with Crippen molar-refractivity contribution >= 4 is 29.9 Å². The number of nitrogens with zero attached hydrogens (tertiary/aromatic N) is 3. The smallest absolute Gasteiger partial charge is 0.193 e. The molecule has 1 aromatic rings. The molecule has 0 aromatic heterocycles. The van der Waals surface area contributed by atoms with Crippen LogP contribution in [0.15, 0.2) is 29.3 Å². The third-order valence-electron chi connectivity index (χ3n) is 6.17. The normalized spacial score (nSPS) is 20.0. The maximum atomic E-state index is 5.40. The molecule has 27 heavy (non-hydrogen) atoms. The Morgan fingerprint density at radius 2 is 2.04 bits per heavy atom. The molecule has 1 spiro atoms. The van der Waals surface area contributed by atoms with Crippen LogP contribution in [0.1, 0.15) is 43.7 Å². The summed E-state index contributed by atoms with van der Waals surface area (Å²) >= 11 is 0. The highest BCUT2D eigenvalue weighted by Gasteiger charge is 2.41. The number of ether oxygens (including phenoxy) is 1. The van der Waals surface area contributed by atoms with Gasteiger partial charge in [0.1, 0.15) is 5.75 Å². The molecule has 1 aliphatic carbocycles. The van der Waals surface area contributed by atoms with Gasteiger partial charge in [-0.25, -0.2) is 0 Å². The molecule has 152 valence electrons. The summed E-state index contributed by atoms with van der Waals surface area (Å²) < 4.78 is 5.40. The van der Waals surface area contributed by atoms with Gasteiger partial charge in [0, 0.05) is 26.7 Å². The highest BCUT2D eigenvalue weighted by atomic mass is 127. The van der Waals surface area contributed by atoms with Crippen LogP contribution in [0.4, 0.5) is 0 Å². The molecule has 1 aromatic carbocycles. The van der Waals surface area contributed by atoms with E-state index in [1.54, 1.807) is 7.11 Å². The second kappa shape index (κ2) is 9.96. The van der Waals surface area contributed by atoms with E-state index in [1.807, 2.05) is 13.1 Å². The largest absolute Gasteiger partial charge is 0.497 e. The summed E-state index contributed by atoms with van der Waals surface area (Å²) in [6.45, 7) is 3.13. The van der Waals surface area contributed by atoms with Crippen molar-refractivity contribution in [3.05, 3.63) is 29.8 Å². The number of likely N-dealkylation sites (N-methyl/N-ethyl adjacent to an activating group) is 1. The molecule has 1 heterocycles. The van der Waals surface area contributed by atoms with E-state index in [0.717, 1.165) is 24.8 Å². The zero-order valence-electron chi connectivity index (χ0n) is 17.2. The predicted molar refractivity (Wildman–Crippen MR) is 123 cm³/mol. The summed E-state index contributed by atoms with van der Waals surface area (Å²) in [5.74, 6) is 1.95. The van der Waals surface area contributed by atoms with E-state index in [1.165, 1.54) is 44.2 Å². The van der Waals surface area contributed by atoms with Gasteiger partial charge in [-0.1, -0.05) is 25.0 Å². The Bertz CT molecular complexity index is 628. The van der Waals surface area contributed by atoms with Gasteiger partial charge in [-0.05, 0) is 56.5 Å². The highest BCUT2D eigenvalue weighted by molar-refractivity contribution is 14.0. The Kier molecular flexibility index (Phi) is 8.21. The maximum Gasteiger partial charge on any atom is 0.193 e. The first-order valence-corrected chi connectivity index (χ1v) is 9.83. The molecule has 1 N–H and O–H groups in total. The van der Waals surface area contributed by atoms with Crippen LogP contribution in [-0.4, -0.2) is 63.6 Å². The number of likely N-dealkylation sites (tertiary alicyclic amines) is 1. The molecule has 0 bridgehead atoms. The van der Waals surface area contributed by atoms with E-state index in [2.05, 4.69) is 52.4 Å². The first-order chi connectivity index (χ1) is 12.6. The fourth-order valence-electron chi connectivity index (χ4n) is 4.62. The summed E-state index contributed by atoms with van der Waals surface area (Å²) in [6, 6.07) is 8.61. The van der Waals surface area contributed by atoms with Gasteiger partial charge in [0.2, 0.25) is 0 Å². The molecule has 0 amide bonds. The molecule has 1 unspecified atom stereocenters. The van der Waals surface area contributed by atoms with Gasteiger partial charge in [0.05, 0.1) is 13.2 Å². The molecule has 1 aliphatic heterocycles. The van der Waals surface area contributed by atoms with E-state index in [9.17, 15) is 0 Å². The zero-order valence-corrected chi connectivity index (χ0v) is 19.5. The second-order valence-corrected chi connectivity index (χ2v) is 8.06. The Morgan fingerprint density at radius 3 is 2.67 bits per heavy atom. The quantitative estimate of drug-likeness (QED) is 0.391. The number of methoxy groups -OCH3 is 1. The van der Waals surface area contributed by atoms with Crippen molar-refractivity contribution in [3.8, 4) is 5.75 Å². The number of hydrogen-bond donors (Lipinski definition) is 1. The third-order valence-corrected chi connectivity index (χ3v) is 6.17. The number of rotatable bonds is 5. The maximum absolute atomic E-state index is 5.40. The van der Waals surface area contributed by atoms with Crippen LogP contribution in [0, 0.1) is 5.41 Å². The van der Waals surface area contributed by atoms with Crippen LogP contribution >= 0.6 is 24.0 Å². The molecular weight excluding hydrogens is 451 g/mol. The van der Waals surface area contributed by atoms with Crippen molar-refractivity contribution in [1.82, 2.24) is 15.1 Å². The molecular formula is C21H35IN4O. The molecule has 0 radical (unpaired) electrons. The minimum atomic E-state index is 0. The second-order valence-electron chi connectivity index (χ2n) is 8.06. The van der Waals surface area contributed by atoms with Crippen molar-refractivity contribution in [2.75, 3.05) is 47.9 Å². The van der Waals surface area contributed by atoms with Gasteiger partial charge in [-0.15, -0.1) is 24.0 Å². The van der Waals surface area contributed by atoms with Crippen molar-refractivity contribution in [3.63, 3.8) is 0 Å². The first kappa shape index (κ1) is 22.3. The van der Waals surface area contributed by atoms with E-state index in [4.69, 9.17) is 4.74 Å². The predicted octanol–water partition coefficient (Wildman–Crippen LogP) is 3.76. The van der Waals surface area contributed by atoms with Gasteiger partial charge >= 0.3 is 0 Å². The van der Waals surface area contributed by atoms with Crippen molar-refractivity contribution in [1.29, 1.82) is 0 Å². The standard InChI is InChI=1S/C21H34N4O.HI/c1-22-20(25-13-12-21(16-25)10-5-6-11-21)23-15-19(24(2)3)17-8-7-9-18(14-17)26-4;/h7-9,14,19H,5-6,10-13,15-16H2,1-4H3,(H,22,23);1H. The number of nitrogens with one attached hydrogen (secondary N) is 1. The monoisotopic (exact) mass is 486 g/mol. The average molecular weight is 486 g/mol. The minimum absolute atomic E-state index is 0. The van der Waals surface area contributed by atoms with E-state index < -0.39 is 0 Å². The van der Waals surface area contributed by atoms with Crippen molar-refractivity contribution in [2.45, 2.75) is 38.1 Å². The van der Waals surface area contributed by atoms with Crippen molar-refractivity contribution in [2.24, 2.45) is 10.4 Å². The van der Waals surface area contributed by atoms with Gasteiger partial charge in [0.15, 0.2) is 5.96 Å². The number of halogens is 1. The SMILES string of the molecule is CN=C(NCC(c1cccc(OC)c1)N(C)C)N1CCC2(CCCC2)C1.I. The van der Waals surface area contributed by atoms with Gasteiger partial charge in [-0.2, -0.15) is 0 Å². The van der Waals surface area contributed by atoms with Gasteiger partial charge in [-0.3, -0.25) is 4.99 Å². The van der Waals surface area contributed by atoms with Crippen LogP contribution in [0.5, 0.6) is 5.75 Å². The minimum Gasteiger partial charge on any atom is -0.497 e. The summed E-state index contributed by atoms with van der Waals surface area (Å²) in [6.07, 6.45) is 6.91. The van der Waals surface area contributed by atoms with Crippen LogP contribution in [0.25, 0.3) is 0 Å². The van der Waals surface area contributed by atoms with Crippen LogP contribution in [0.3, 0.4) is 0 Å². The van der Waals surface area contributed by atoms with Crippen molar-refractivity contribution < 1.29 is 4.74 Å². The Labute approximate surface area is 181 Å². The lowest BCUT2D eigenvalue weighted by molar-refractivity contribution is 0.289. The Balaban J connectivity index is 0.00000261. The topological polar surface area (TPSA) is 40.1 Å². The first-order valence-electron chi connectivity index (χ1n) is 9.83.